The molecule has 0 aromatic carbocycles. The molecule has 3 fully saturated rings. The normalized spacial score (nSPS) is 38.7. The number of nitrogens with one attached hydrogen (secondary N) is 2. The van der Waals surface area contributed by atoms with Crippen molar-refractivity contribution in [3.8, 4) is 0 Å². The van der Waals surface area contributed by atoms with Gasteiger partial charge in [-0.15, -0.1) is 0 Å². The lowest BCUT2D eigenvalue weighted by molar-refractivity contribution is -0.144. The molecular weight excluding hydrogens is 364 g/mol. The van der Waals surface area contributed by atoms with Crippen LogP contribution in [0, 0.1) is 34.5 Å². The predicted molar refractivity (Wildman–Crippen MR) is 115 cm³/mol. The molecule has 3 rings (SSSR count). The highest BCUT2D eigenvalue weighted by molar-refractivity contribution is 5.79. The second-order valence-electron chi connectivity index (χ2n) is 11.8. The van der Waals surface area contributed by atoms with Gasteiger partial charge >= 0.3 is 0 Å². The van der Waals surface area contributed by atoms with Gasteiger partial charge in [-0.1, -0.05) is 41.5 Å². The molecule has 0 radical (unpaired) electrons. The van der Waals surface area contributed by atoms with Gasteiger partial charge in [-0.05, 0) is 67.1 Å². The van der Waals surface area contributed by atoms with Crippen molar-refractivity contribution in [3.63, 3.8) is 0 Å². The van der Waals surface area contributed by atoms with Crippen LogP contribution in [0.1, 0.15) is 86.5 Å². The topological polar surface area (TPSA) is 78.4 Å². The lowest BCUT2D eigenvalue weighted by atomic mass is 9.51. The Kier molecular flexibility index (Phi) is 6.39. The summed E-state index contributed by atoms with van der Waals surface area (Å²) in [6, 6.07) is 0.457. The summed E-state index contributed by atoms with van der Waals surface area (Å²) >= 11 is 0. The molecule has 3 saturated carbocycles. The van der Waals surface area contributed by atoms with Crippen LogP contribution in [0.5, 0.6) is 0 Å². The first kappa shape index (κ1) is 22.6. The van der Waals surface area contributed by atoms with Crippen LogP contribution in [0.15, 0.2) is 0 Å². The van der Waals surface area contributed by atoms with Crippen LogP contribution in [-0.2, 0) is 9.59 Å². The standard InChI is InChI=1S/C24H42N2O3/c1-14(22(29)25-16-7-8-16)17-9-11-24(6)12-10-18(15(2)20(24)21(17)28)26-19(27)13-23(3,4)5/h14-18,20-21,28H,7-13H2,1-6H3,(H,25,29)(H,26,27)/t14-,15+,17+,18-,20+,21-,24-/m0/s1. The van der Waals surface area contributed by atoms with Gasteiger partial charge in [0.15, 0.2) is 0 Å². The van der Waals surface area contributed by atoms with E-state index in [0.717, 1.165) is 38.5 Å². The maximum Gasteiger partial charge on any atom is 0.223 e. The number of carbonyl (C=O) groups is 2. The summed E-state index contributed by atoms with van der Waals surface area (Å²) in [6.45, 7) is 12.7. The first-order chi connectivity index (χ1) is 13.4. The van der Waals surface area contributed by atoms with E-state index in [1.165, 1.54) is 0 Å². The molecule has 0 bridgehead atoms. The summed E-state index contributed by atoms with van der Waals surface area (Å²) in [6.07, 6.45) is 6.13. The van der Waals surface area contributed by atoms with E-state index >= 15 is 0 Å². The molecule has 7 atom stereocenters. The van der Waals surface area contributed by atoms with Crippen molar-refractivity contribution in [1.82, 2.24) is 10.6 Å². The number of hydrogen-bond donors (Lipinski definition) is 3. The van der Waals surface area contributed by atoms with Gasteiger partial charge in [-0.3, -0.25) is 9.59 Å². The number of carbonyl (C=O) groups excluding carboxylic acids is 2. The monoisotopic (exact) mass is 406 g/mol. The zero-order chi connectivity index (χ0) is 21.6. The zero-order valence-electron chi connectivity index (χ0n) is 19.3. The molecule has 5 heteroatoms. The minimum atomic E-state index is -0.494. The number of rotatable bonds is 5. The Bertz CT molecular complexity index is 624. The maximum absolute atomic E-state index is 12.6. The minimum absolute atomic E-state index is 0.00157. The molecule has 0 unspecified atom stereocenters. The average molecular weight is 407 g/mol. The molecule has 0 aromatic rings. The third kappa shape index (κ3) is 5.15. The van der Waals surface area contributed by atoms with Gasteiger partial charge in [-0.2, -0.15) is 0 Å². The lowest BCUT2D eigenvalue weighted by Gasteiger charge is -2.56. The van der Waals surface area contributed by atoms with E-state index in [1.54, 1.807) is 0 Å². The van der Waals surface area contributed by atoms with Crippen LogP contribution in [0.25, 0.3) is 0 Å². The number of fused-ring (bicyclic) bond motifs is 1. The van der Waals surface area contributed by atoms with Crippen LogP contribution in [0.4, 0.5) is 0 Å². The molecule has 0 aliphatic heterocycles. The van der Waals surface area contributed by atoms with Gasteiger partial charge in [-0.25, -0.2) is 0 Å². The Labute approximate surface area is 176 Å². The van der Waals surface area contributed by atoms with Gasteiger partial charge < -0.3 is 15.7 Å². The quantitative estimate of drug-likeness (QED) is 0.652. The molecule has 3 aliphatic carbocycles. The molecule has 166 valence electrons. The van der Waals surface area contributed by atoms with Gasteiger partial charge in [0, 0.05) is 24.4 Å². The average Bonchev–Trinajstić information content (AvgIpc) is 3.39. The fourth-order valence-electron chi connectivity index (χ4n) is 5.99. The van der Waals surface area contributed by atoms with Crippen molar-refractivity contribution in [2.75, 3.05) is 0 Å². The van der Waals surface area contributed by atoms with Crippen LogP contribution in [0.3, 0.4) is 0 Å². The maximum atomic E-state index is 12.6. The van der Waals surface area contributed by atoms with E-state index in [2.05, 4.69) is 45.3 Å². The fourth-order valence-corrected chi connectivity index (χ4v) is 5.99. The molecule has 3 aliphatic rings. The third-order valence-electron chi connectivity index (χ3n) is 7.90. The Morgan fingerprint density at radius 1 is 1.10 bits per heavy atom. The highest BCUT2D eigenvalue weighted by Crippen LogP contribution is 2.55. The van der Waals surface area contributed by atoms with Crippen molar-refractivity contribution in [2.24, 2.45) is 34.5 Å². The molecule has 0 spiro atoms. The largest absolute Gasteiger partial charge is 0.392 e. The predicted octanol–water partition coefficient (Wildman–Crippen LogP) is 3.65. The van der Waals surface area contributed by atoms with Gasteiger partial charge in [0.25, 0.3) is 0 Å². The Morgan fingerprint density at radius 3 is 2.31 bits per heavy atom. The number of aliphatic hydroxyl groups excluding tert-OH is 1. The second-order valence-corrected chi connectivity index (χ2v) is 11.8. The molecule has 0 saturated heterocycles. The Balaban J connectivity index is 1.68. The van der Waals surface area contributed by atoms with Crippen molar-refractivity contribution < 1.29 is 14.7 Å². The Morgan fingerprint density at radius 2 is 1.72 bits per heavy atom. The molecule has 5 nitrogen and oxygen atoms in total. The van der Waals surface area contributed by atoms with Gasteiger partial charge in [0.05, 0.1) is 6.10 Å². The number of aliphatic hydroxyl groups is 1. The minimum Gasteiger partial charge on any atom is -0.392 e. The van der Waals surface area contributed by atoms with Crippen LogP contribution in [-0.4, -0.2) is 35.1 Å². The molecule has 2 amide bonds. The summed E-state index contributed by atoms with van der Waals surface area (Å²) in [5.74, 6) is 0.354. The van der Waals surface area contributed by atoms with Crippen LogP contribution in [0.2, 0.25) is 0 Å². The summed E-state index contributed by atoms with van der Waals surface area (Å²) in [5.41, 5.74) is 0.0591. The highest BCUT2D eigenvalue weighted by atomic mass is 16.3. The summed E-state index contributed by atoms with van der Waals surface area (Å²) in [4.78, 5) is 25.2. The third-order valence-corrected chi connectivity index (χ3v) is 7.90. The van der Waals surface area contributed by atoms with Gasteiger partial charge in [0.1, 0.15) is 0 Å². The molecular formula is C24H42N2O3. The van der Waals surface area contributed by atoms with E-state index in [9.17, 15) is 14.7 Å². The molecule has 29 heavy (non-hydrogen) atoms. The van der Waals surface area contributed by atoms with Gasteiger partial charge in [0.2, 0.25) is 11.8 Å². The molecule has 3 N–H and O–H groups in total. The summed E-state index contributed by atoms with van der Waals surface area (Å²) in [7, 11) is 0. The Hall–Kier alpha value is -1.10. The van der Waals surface area contributed by atoms with E-state index in [0.29, 0.717) is 12.5 Å². The lowest BCUT2D eigenvalue weighted by Crippen LogP contribution is -2.58. The fraction of sp³-hybridized carbons (Fsp3) is 0.917. The highest BCUT2D eigenvalue weighted by Gasteiger charge is 2.54. The van der Waals surface area contributed by atoms with E-state index < -0.39 is 6.10 Å². The second kappa shape index (κ2) is 8.20. The van der Waals surface area contributed by atoms with Crippen molar-refractivity contribution in [1.29, 1.82) is 0 Å². The zero-order valence-corrected chi connectivity index (χ0v) is 19.3. The first-order valence-corrected chi connectivity index (χ1v) is 11.7. The molecule has 0 heterocycles. The van der Waals surface area contributed by atoms with Crippen molar-refractivity contribution in [3.05, 3.63) is 0 Å². The van der Waals surface area contributed by atoms with E-state index in [-0.39, 0.29) is 52.4 Å². The van der Waals surface area contributed by atoms with Crippen molar-refractivity contribution in [2.45, 2.75) is 105 Å². The van der Waals surface area contributed by atoms with Crippen LogP contribution >= 0.6 is 0 Å². The summed E-state index contributed by atoms with van der Waals surface area (Å²) in [5, 5.41) is 17.8. The smallest absolute Gasteiger partial charge is 0.223 e. The van der Waals surface area contributed by atoms with E-state index in [4.69, 9.17) is 0 Å². The van der Waals surface area contributed by atoms with E-state index in [1.807, 2.05) is 6.92 Å². The summed E-state index contributed by atoms with van der Waals surface area (Å²) < 4.78 is 0. The molecule has 0 aromatic heterocycles. The van der Waals surface area contributed by atoms with Crippen molar-refractivity contribution >= 4 is 11.8 Å². The SMILES string of the molecule is C[C@H]1[C@@H]2[C@@H](O)[C@@H]([C@H](C)C(=O)NC3CC3)CC[C@@]2(C)CC[C@@H]1NC(=O)CC(C)(C)C. The first-order valence-electron chi connectivity index (χ1n) is 11.7. The number of hydrogen-bond acceptors (Lipinski definition) is 3. The number of amides is 2. The van der Waals surface area contributed by atoms with Crippen LogP contribution < -0.4 is 10.6 Å².